The van der Waals surface area contributed by atoms with Crippen LogP contribution in [0.3, 0.4) is 0 Å². The number of nitrogens with zero attached hydrogens (tertiary/aromatic N) is 1. The molecule has 2 aromatic carbocycles. The lowest BCUT2D eigenvalue weighted by molar-refractivity contribution is 0.589. The Kier molecular flexibility index (Phi) is 2.52. The van der Waals surface area contributed by atoms with Crippen molar-refractivity contribution >= 4 is 16.8 Å². The van der Waals surface area contributed by atoms with Crippen molar-refractivity contribution in [3.8, 4) is 11.3 Å². The zero-order valence-electron chi connectivity index (χ0n) is 10.4. The third-order valence-corrected chi connectivity index (χ3v) is 3.04. The first-order valence-electron chi connectivity index (χ1n) is 5.93. The van der Waals surface area contributed by atoms with Crippen LogP contribution in [0.2, 0.25) is 0 Å². The fourth-order valence-corrected chi connectivity index (χ4v) is 2.18. The normalized spacial score (nSPS) is 10.8. The second-order valence-electron chi connectivity index (χ2n) is 4.21. The van der Waals surface area contributed by atoms with Crippen LogP contribution >= 0.6 is 0 Å². The molecule has 1 N–H and O–H groups in total. The van der Waals surface area contributed by atoms with E-state index in [1.54, 1.807) is 7.05 Å². The molecule has 0 unspecified atom stereocenters. The largest absolute Gasteiger partial charge is 0.423 e. The standard InChI is InChI=1S/C15H14N2O/c1-10-14(18-15(16-2)17-10)13-9-5-7-11-6-3-4-8-12(11)13/h3-9H,1-2H3,(H,16,17). The number of anilines is 1. The Labute approximate surface area is 105 Å². The van der Waals surface area contributed by atoms with Gasteiger partial charge in [0.25, 0.3) is 6.01 Å². The molecule has 18 heavy (non-hydrogen) atoms. The Bertz CT molecular complexity index is 695. The van der Waals surface area contributed by atoms with E-state index in [9.17, 15) is 0 Å². The lowest BCUT2D eigenvalue weighted by atomic mass is 10.0. The lowest BCUT2D eigenvalue weighted by Gasteiger charge is -2.03. The average Bonchev–Trinajstić information content (AvgIpc) is 2.79. The smallest absolute Gasteiger partial charge is 0.295 e. The molecule has 0 saturated carbocycles. The number of hydrogen-bond acceptors (Lipinski definition) is 3. The Morgan fingerprint density at radius 2 is 1.83 bits per heavy atom. The number of nitrogens with one attached hydrogen (secondary N) is 1. The summed E-state index contributed by atoms with van der Waals surface area (Å²) in [5, 5.41) is 5.32. The van der Waals surface area contributed by atoms with Gasteiger partial charge in [0.1, 0.15) is 0 Å². The van der Waals surface area contributed by atoms with Gasteiger partial charge in [0.15, 0.2) is 5.76 Å². The molecule has 0 aliphatic rings. The molecule has 3 heteroatoms. The van der Waals surface area contributed by atoms with E-state index in [2.05, 4.69) is 34.6 Å². The number of oxazole rings is 1. The lowest BCUT2D eigenvalue weighted by Crippen LogP contribution is -1.85. The molecule has 3 aromatic rings. The maximum atomic E-state index is 5.74. The van der Waals surface area contributed by atoms with E-state index in [0.29, 0.717) is 6.01 Å². The molecule has 0 spiro atoms. The van der Waals surface area contributed by atoms with E-state index in [1.807, 2.05) is 25.1 Å². The van der Waals surface area contributed by atoms with Gasteiger partial charge in [-0.15, -0.1) is 0 Å². The zero-order chi connectivity index (χ0) is 12.5. The number of benzene rings is 2. The molecule has 0 aliphatic carbocycles. The van der Waals surface area contributed by atoms with Crippen molar-refractivity contribution in [3.05, 3.63) is 48.2 Å². The van der Waals surface area contributed by atoms with Crippen molar-refractivity contribution < 1.29 is 4.42 Å². The van der Waals surface area contributed by atoms with Crippen LogP contribution in [0.15, 0.2) is 46.9 Å². The Morgan fingerprint density at radius 1 is 1.06 bits per heavy atom. The summed E-state index contributed by atoms with van der Waals surface area (Å²) in [6.07, 6.45) is 0. The van der Waals surface area contributed by atoms with Gasteiger partial charge >= 0.3 is 0 Å². The van der Waals surface area contributed by atoms with E-state index >= 15 is 0 Å². The van der Waals surface area contributed by atoms with Gasteiger partial charge in [0, 0.05) is 12.6 Å². The fourth-order valence-electron chi connectivity index (χ4n) is 2.18. The molecular weight excluding hydrogens is 224 g/mol. The van der Waals surface area contributed by atoms with E-state index in [-0.39, 0.29) is 0 Å². The fraction of sp³-hybridized carbons (Fsp3) is 0.133. The summed E-state index contributed by atoms with van der Waals surface area (Å²) < 4.78 is 5.74. The molecule has 1 heterocycles. The second-order valence-corrected chi connectivity index (χ2v) is 4.21. The molecule has 1 aromatic heterocycles. The van der Waals surface area contributed by atoms with Crippen LogP contribution in [0.5, 0.6) is 0 Å². The Hall–Kier alpha value is -2.29. The van der Waals surface area contributed by atoms with Crippen LogP contribution < -0.4 is 5.32 Å². The Balaban J connectivity index is 2.27. The quantitative estimate of drug-likeness (QED) is 0.737. The highest BCUT2D eigenvalue weighted by Crippen LogP contribution is 2.32. The maximum Gasteiger partial charge on any atom is 0.295 e. The van der Waals surface area contributed by atoms with Crippen molar-refractivity contribution in [1.82, 2.24) is 4.98 Å². The van der Waals surface area contributed by atoms with Gasteiger partial charge < -0.3 is 9.73 Å². The van der Waals surface area contributed by atoms with Gasteiger partial charge in [-0.05, 0) is 17.7 Å². The molecule has 0 amide bonds. The highest BCUT2D eigenvalue weighted by atomic mass is 16.4. The number of fused-ring (bicyclic) bond motifs is 1. The third kappa shape index (κ3) is 1.64. The summed E-state index contributed by atoms with van der Waals surface area (Å²) in [5.41, 5.74) is 1.98. The third-order valence-electron chi connectivity index (χ3n) is 3.04. The van der Waals surface area contributed by atoms with Gasteiger partial charge in [-0.1, -0.05) is 42.5 Å². The summed E-state index contributed by atoms with van der Waals surface area (Å²) in [7, 11) is 1.80. The van der Waals surface area contributed by atoms with Gasteiger partial charge in [-0.2, -0.15) is 4.98 Å². The zero-order valence-corrected chi connectivity index (χ0v) is 10.4. The molecule has 0 fully saturated rings. The van der Waals surface area contributed by atoms with Crippen molar-refractivity contribution in [2.45, 2.75) is 6.92 Å². The monoisotopic (exact) mass is 238 g/mol. The van der Waals surface area contributed by atoms with Crippen LogP contribution in [0.4, 0.5) is 6.01 Å². The highest BCUT2D eigenvalue weighted by molar-refractivity contribution is 5.95. The van der Waals surface area contributed by atoms with Crippen molar-refractivity contribution in [1.29, 1.82) is 0 Å². The predicted molar refractivity (Wildman–Crippen MR) is 73.7 cm³/mol. The van der Waals surface area contributed by atoms with Crippen molar-refractivity contribution in [2.75, 3.05) is 12.4 Å². The molecule has 0 radical (unpaired) electrons. The predicted octanol–water partition coefficient (Wildman–Crippen LogP) is 3.84. The summed E-state index contributed by atoms with van der Waals surface area (Å²) >= 11 is 0. The minimum atomic E-state index is 0.551. The first-order chi connectivity index (χ1) is 8.79. The van der Waals surface area contributed by atoms with Crippen LogP contribution in [0, 0.1) is 6.92 Å². The molecule has 0 bridgehead atoms. The van der Waals surface area contributed by atoms with Gasteiger partial charge in [-0.25, -0.2) is 0 Å². The molecule has 3 nitrogen and oxygen atoms in total. The van der Waals surface area contributed by atoms with Crippen LogP contribution in [-0.4, -0.2) is 12.0 Å². The minimum absolute atomic E-state index is 0.551. The molecule has 0 saturated heterocycles. The van der Waals surface area contributed by atoms with Gasteiger partial charge in [0.2, 0.25) is 0 Å². The average molecular weight is 238 g/mol. The summed E-state index contributed by atoms with van der Waals surface area (Å²) in [6, 6.07) is 15.0. The molecular formula is C15H14N2O. The number of aromatic nitrogens is 1. The summed E-state index contributed by atoms with van der Waals surface area (Å²) in [5.74, 6) is 0.830. The summed E-state index contributed by atoms with van der Waals surface area (Å²) in [6.45, 7) is 1.96. The minimum Gasteiger partial charge on any atom is -0.423 e. The van der Waals surface area contributed by atoms with E-state index in [0.717, 1.165) is 17.0 Å². The van der Waals surface area contributed by atoms with Crippen LogP contribution in [0.25, 0.3) is 22.1 Å². The first kappa shape index (κ1) is 10.8. The number of aryl methyl sites for hydroxylation is 1. The molecule has 90 valence electrons. The highest BCUT2D eigenvalue weighted by Gasteiger charge is 2.13. The van der Waals surface area contributed by atoms with Crippen molar-refractivity contribution in [2.24, 2.45) is 0 Å². The SMILES string of the molecule is CNc1nc(C)c(-c2cccc3ccccc23)o1. The van der Waals surface area contributed by atoms with Crippen LogP contribution in [0.1, 0.15) is 5.69 Å². The molecule has 0 atom stereocenters. The maximum absolute atomic E-state index is 5.74. The van der Waals surface area contributed by atoms with Gasteiger partial charge in [-0.3, -0.25) is 0 Å². The summed E-state index contributed by atoms with van der Waals surface area (Å²) in [4.78, 5) is 4.33. The molecule has 3 rings (SSSR count). The Morgan fingerprint density at radius 3 is 2.61 bits per heavy atom. The molecule has 0 aliphatic heterocycles. The van der Waals surface area contributed by atoms with Gasteiger partial charge in [0.05, 0.1) is 5.69 Å². The van der Waals surface area contributed by atoms with E-state index in [4.69, 9.17) is 4.42 Å². The topological polar surface area (TPSA) is 38.1 Å². The first-order valence-corrected chi connectivity index (χ1v) is 5.93. The van der Waals surface area contributed by atoms with Crippen LogP contribution in [-0.2, 0) is 0 Å². The van der Waals surface area contributed by atoms with E-state index < -0.39 is 0 Å². The second kappa shape index (κ2) is 4.18. The number of hydrogen-bond donors (Lipinski definition) is 1. The van der Waals surface area contributed by atoms with E-state index in [1.165, 1.54) is 10.8 Å². The van der Waals surface area contributed by atoms with Crippen molar-refractivity contribution in [3.63, 3.8) is 0 Å². The number of rotatable bonds is 2.